The fourth-order valence-electron chi connectivity index (χ4n) is 8.36. The van der Waals surface area contributed by atoms with E-state index in [1.54, 1.807) is 31.2 Å². The molecule has 2 aliphatic carbocycles. The Bertz CT molecular complexity index is 2100. The number of hydrogen-bond donors (Lipinski definition) is 3. The number of halogens is 5. The Kier molecular flexibility index (Phi) is 8.49. The SMILES string of the molecule is CCOc1cc(C2C3=CCC4C(=O)N(C(N)=O)C(=O)C4C3CC3C(=O)N(Nc4ncc(C(F)(F)F)cc4Cl)C(=O)C32c2ccc(Cl)cc2)ccc1O. The highest BCUT2D eigenvalue weighted by atomic mass is 35.5. The van der Waals surface area contributed by atoms with Gasteiger partial charge in [0.25, 0.3) is 11.8 Å². The van der Waals surface area contributed by atoms with Crippen molar-refractivity contribution in [3.05, 3.63) is 93.1 Å². The number of allylic oxidation sites excluding steroid dienone is 2. The van der Waals surface area contributed by atoms with E-state index in [0.29, 0.717) is 43.9 Å². The molecule has 1 saturated carbocycles. The third kappa shape index (κ3) is 5.19. The molecule has 2 aliphatic heterocycles. The summed E-state index contributed by atoms with van der Waals surface area (Å²) in [6, 6.07) is 10.0. The van der Waals surface area contributed by atoms with Crippen LogP contribution in [0.25, 0.3) is 0 Å². The number of nitrogens with zero attached hydrogens (tertiary/aromatic N) is 3. The number of phenolic OH excluding ortho intramolecular Hbond substituents is 1. The number of primary amides is 1. The van der Waals surface area contributed by atoms with Gasteiger partial charge in [-0.25, -0.2) is 9.78 Å². The molecule has 17 heteroatoms. The lowest BCUT2D eigenvalue weighted by Gasteiger charge is -2.50. The van der Waals surface area contributed by atoms with Crippen molar-refractivity contribution in [1.82, 2.24) is 14.9 Å². The molecule has 3 heterocycles. The van der Waals surface area contributed by atoms with Crippen molar-refractivity contribution in [2.24, 2.45) is 29.4 Å². The van der Waals surface area contributed by atoms with Gasteiger partial charge in [-0.05, 0) is 67.1 Å². The highest BCUT2D eigenvalue weighted by Gasteiger charge is 2.70. The summed E-state index contributed by atoms with van der Waals surface area (Å²) in [6.07, 6.45) is -2.69. The third-order valence-corrected chi connectivity index (χ3v) is 10.9. The standard InChI is InChI=1S/C35H28Cl2F3N5O7/c1-2-52-25-11-15(3-10-24(25)46)27-19-8-9-20-26(31(49)44(29(20)47)33(41)51)21(19)13-22-30(48)45(32(50)34(22,27)16-4-6-18(36)7-5-16)43-28-23(37)12-17(14-42-28)35(38,39)40/h3-8,10-12,14,20-22,26-27,46H,2,9,13H2,1H3,(H2,41,51)(H,42,43). The number of hydrazine groups is 1. The van der Waals surface area contributed by atoms with E-state index in [1.807, 2.05) is 0 Å². The number of likely N-dealkylation sites (tertiary alicyclic amines) is 1. The molecule has 52 heavy (non-hydrogen) atoms. The Hall–Kier alpha value is -5.15. The first-order valence-corrected chi connectivity index (χ1v) is 16.8. The molecule has 6 atom stereocenters. The van der Waals surface area contributed by atoms with Crippen LogP contribution in [0.5, 0.6) is 11.5 Å². The van der Waals surface area contributed by atoms with Crippen molar-refractivity contribution in [1.29, 1.82) is 0 Å². The topological polar surface area (TPSA) is 172 Å². The van der Waals surface area contributed by atoms with Gasteiger partial charge in [0.05, 0.1) is 40.4 Å². The van der Waals surface area contributed by atoms with E-state index in [-0.39, 0.29) is 30.9 Å². The van der Waals surface area contributed by atoms with Gasteiger partial charge < -0.3 is 15.6 Å². The van der Waals surface area contributed by atoms with Crippen LogP contribution in [-0.4, -0.2) is 56.3 Å². The second kappa shape index (κ2) is 12.5. The van der Waals surface area contributed by atoms with Crippen molar-refractivity contribution in [3.8, 4) is 11.5 Å². The van der Waals surface area contributed by atoms with Crippen LogP contribution in [0.15, 0.2) is 66.4 Å². The van der Waals surface area contributed by atoms with Gasteiger partial charge in [0.1, 0.15) is 0 Å². The Morgan fingerprint density at radius 3 is 2.40 bits per heavy atom. The van der Waals surface area contributed by atoms with Gasteiger partial charge in [-0.1, -0.05) is 53.1 Å². The number of fused-ring (bicyclic) bond motifs is 4. The number of anilines is 1. The van der Waals surface area contributed by atoms with Crippen molar-refractivity contribution in [3.63, 3.8) is 0 Å². The number of alkyl halides is 3. The number of aromatic hydroxyl groups is 1. The van der Waals surface area contributed by atoms with Crippen molar-refractivity contribution >= 4 is 58.7 Å². The maximum atomic E-state index is 15.2. The minimum absolute atomic E-state index is 0.00824. The molecule has 6 amide bonds. The number of imide groups is 4. The largest absolute Gasteiger partial charge is 0.504 e. The van der Waals surface area contributed by atoms with Crippen LogP contribution in [0.3, 0.4) is 0 Å². The Balaban J connectivity index is 1.45. The smallest absolute Gasteiger partial charge is 0.417 e. The number of amides is 6. The van der Waals surface area contributed by atoms with Crippen molar-refractivity contribution < 1.29 is 47.0 Å². The number of nitrogens with two attached hydrogens (primary N) is 1. The number of rotatable bonds is 6. The lowest BCUT2D eigenvalue weighted by atomic mass is 9.49. The summed E-state index contributed by atoms with van der Waals surface area (Å²) in [5, 5.41) is 11.1. The van der Waals surface area contributed by atoms with Crippen LogP contribution in [0, 0.1) is 23.7 Å². The summed E-state index contributed by atoms with van der Waals surface area (Å²) in [6.45, 7) is 1.87. The summed E-state index contributed by atoms with van der Waals surface area (Å²) in [5.41, 5.74) is 6.27. The molecule has 4 N–H and O–H groups in total. The predicted octanol–water partition coefficient (Wildman–Crippen LogP) is 5.58. The Labute approximate surface area is 303 Å². The summed E-state index contributed by atoms with van der Waals surface area (Å²) in [7, 11) is 0. The lowest BCUT2D eigenvalue weighted by molar-refractivity contribution is -0.140. The van der Waals surface area contributed by atoms with Gasteiger partial charge in [0, 0.05) is 17.1 Å². The second-order valence-corrected chi connectivity index (χ2v) is 13.8. The number of urea groups is 1. The second-order valence-electron chi connectivity index (χ2n) is 12.9. The molecule has 270 valence electrons. The van der Waals surface area contributed by atoms with E-state index in [4.69, 9.17) is 33.7 Å². The molecule has 2 saturated heterocycles. The number of carbonyl (C=O) groups excluding carboxylic acids is 5. The molecule has 4 aliphatic rings. The molecule has 6 unspecified atom stereocenters. The van der Waals surface area contributed by atoms with Gasteiger partial charge in [0.2, 0.25) is 11.8 Å². The van der Waals surface area contributed by atoms with Crippen LogP contribution in [-0.2, 0) is 30.8 Å². The van der Waals surface area contributed by atoms with Crippen LogP contribution in [0.2, 0.25) is 10.0 Å². The highest BCUT2D eigenvalue weighted by Crippen LogP contribution is 2.64. The minimum atomic E-state index is -4.77. The van der Waals surface area contributed by atoms with Crippen LogP contribution in [0.1, 0.15) is 42.4 Å². The molecule has 0 bridgehead atoms. The zero-order valence-electron chi connectivity index (χ0n) is 27.0. The van der Waals surface area contributed by atoms with Crippen molar-refractivity contribution in [2.75, 3.05) is 12.0 Å². The maximum absolute atomic E-state index is 15.2. The quantitative estimate of drug-likeness (QED) is 0.215. The van der Waals surface area contributed by atoms with Gasteiger partial charge in [-0.15, -0.1) is 0 Å². The van der Waals surface area contributed by atoms with E-state index >= 15 is 4.79 Å². The number of ether oxygens (including phenoxy) is 1. The lowest BCUT2D eigenvalue weighted by Crippen LogP contribution is -2.53. The maximum Gasteiger partial charge on any atom is 0.417 e. The average Bonchev–Trinajstić information content (AvgIpc) is 3.47. The highest BCUT2D eigenvalue weighted by molar-refractivity contribution is 6.33. The number of nitrogens with one attached hydrogen (secondary N) is 1. The van der Waals surface area contributed by atoms with Crippen molar-refractivity contribution in [2.45, 2.75) is 37.3 Å². The fourth-order valence-corrected chi connectivity index (χ4v) is 8.69. The number of phenols is 1. The summed E-state index contributed by atoms with van der Waals surface area (Å²) in [5.74, 6) is -9.07. The van der Waals surface area contributed by atoms with E-state index < -0.39 is 87.2 Å². The number of benzene rings is 2. The van der Waals surface area contributed by atoms with E-state index in [9.17, 15) is 37.5 Å². The van der Waals surface area contributed by atoms with E-state index in [0.717, 1.165) is 0 Å². The average molecular weight is 759 g/mol. The molecule has 7 rings (SSSR count). The third-order valence-electron chi connectivity index (χ3n) is 10.4. The van der Waals surface area contributed by atoms with Crippen LogP contribution < -0.4 is 15.9 Å². The van der Waals surface area contributed by atoms with Gasteiger partial charge in [-0.3, -0.25) is 24.6 Å². The van der Waals surface area contributed by atoms with Gasteiger partial charge >= 0.3 is 12.2 Å². The normalized spacial score (nSPS) is 26.9. The summed E-state index contributed by atoms with van der Waals surface area (Å²) >= 11 is 12.5. The van der Waals surface area contributed by atoms with Crippen LogP contribution >= 0.6 is 23.2 Å². The first-order chi connectivity index (χ1) is 24.6. The van der Waals surface area contributed by atoms with E-state index in [1.165, 1.54) is 24.3 Å². The number of hydrogen-bond acceptors (Lipinski definition) is 9. The van der Waals surface area contributed by atoms with Gasteiger partial charge in [-0.2, -0.15) is 23.1 Å². The van der Waals surface area contributed by atoms with Crippen LogP contribution in [0.4, 0.5) is 23.8 Å². The summed E-state index contributed by atoms with van der Waals surface area (Å²) in [4.78, 5) is 73.3. The fraction of sp³-hybridized carbons (Fsp3) is 0.314. The Morgan fingerprint density at radius 2 is 1.77 bits per heavy atom. The van der Waals surface area contributed by atoms with Gasteiger partial charge in [0.15, 0.2) is 17.3 Å². The number of carbonyl (C=O) groups is 5. The Morgan fingerprint density at radius 1 is 1.06 bits per heavy atom. The minimum Gasteiger partial charge on any atom is -0.504 e. The molecule has 3 aromatic rings. The first-order valence-electron chi connectivity index (χ1n) is 16.1. The zero-order chi connectivity index (χ0) is 37.4. The first kappa shape index (κ1) is 35.3. The van der Waals surface area contributed by atoms with E-state index in [2.05, 4.69) is 10.4 Å². The molecule has 1 aromatic heterocycles. The molecule has 2 aromatic carbocycles. The molecule has 12 nitrogen and oxygen atoms in total. The monoisotopic (exact) mass is 757 g/mol. The zero-order valence-corrected chi connectivity index (χ0v) is 28.5. The molecular weight excluding hydrogens is 730 g/mol. The number of pyridine rings is 1. The molecule has 0 spiro atoms. The summed E-state index contributed by atoms with van der Waals surface area (Å²) < 4.78 is 45.9. The molecular formula is C35H28Cl2F3N5O7. The predicted molar refractivity (Wildman–Crippen MR) is 178 cm³/mol. The molecule has 3 fully saturated rings. The number of aromatic nitrogens is 1. The molecule has 0 radical (unpaired) electrons.